The molecule has 3 aliphatic rings. The van der Waals surface area contributed by atoms with Crippen molar-refractivity contribution in [2.75, 3.05) is 13.2 Å². The van der Waals surface area contributed by atoms with Crippen LogP contribution in [0.1, 0.15) is 6.42 Å². The Balaban J connectivity index is 1.72. The molecule has 15 heteroatoms. The van der Waals surface area contributed by atoms with Crippen LogP contribution < -0.4 is 28.7 Å². The lowest BCUT2D eigenvalue weighted by molar-refractivity contribution is -0.318. The fraction of sp³-hybridized carbons (Fsp3) is 1.00. The molecular formula is C18H37N5O10. The fourth-order valence-corrected chi connectivity index (χ4v) is 4.45. The minimum absolute atomic E-state index is 0.115. The van der Waals surface area contributed by atoms with Gasteiger partial charge in [-0.25, -0.2) is 0 Å². The van der Waals surface area contributed by atoms with E-state index >= 15 is 0 Å². The number of rotatable bonds is 6. The molecule has 3 rings (SSSR count). The summed E-state index contributed by atoms with van der Waals surface area (Å²) in [5.74, 6) is 0. The topological polar surface area (TPSA) is 288 Å². The van der Waals surface area contributed by atoms with Crippen LogP contribution in [0.4, 0.5) is 0 Å². The lowest BCUT2D eigenvalue weighted by atomic mass is 9.84. The number of ether oxygens (including phenoxy) is 4. The summed E-state index contributed by atoms with van der Waals surface area (Å²) in [5, 5.41) is 60.9. The summed E-state index contributed by atoms with van der Waals surface area (Å²) in [5.41, 5.74) is 29.6. The number of hydrogen-bond acceptors (Lipinski definition) is 15. The van der Waals surface area contributed by atoms with Crippen molar-refractivity contribution in [3.05, 3.63) is 0 Å². The zero-order chi connectivity index (χ0) is 24.6. The number of aliphatic hydroxyl groups is 6. The highest BCUT2D eigenvalue weighted by Gasteiger charge is 2.51. The van der Waals surface area contributed by atoms with Gasteiger partial charge in [-0.15, -0.1) is 0 Å². The normalized spacial score (nSPS) is 53.7. The van der Waals surface area contributed by atoms with Crippen LogP contribution in [-0.4, -0.2) is 135 Å². The maximum atomic E-state index is 11.0. The highest BCUT2D eigenvalue weighted by atomic mass is 16.7. The van der Waals surface area contributed by atoms with Gasteiger partial charge in [-0.3, -0.25) is 0 Å². The molecule has 0 bridgehead atoms. The molecule has 0 spiro atoms. The standard InChI is InChI=1S/C18H37N5O10/c19-2-6-11(26)12(27)9(23)17(30-6)32-15-4(20)1-5(21)16(14(15)29)33-18-13(28)8(22)10(25)7(3-24)31-18/h4-18,24-29H,1-3,19-23H2/t4-,5?,6?,7?,8+,9?,10-,11-,12-,13?,14+,15?,16?,17?,18-/m1/s1. The summed E-state index contributed by atoms with van der Waals surface area (Å²) in [6.07, 6.45) is -13.9. The average Bonchev–Trinajstić information content (AvgIpc) is 2.79. The van der Waals surface area contributed by atoms with Gasteiger partial charge in [0.25, 0.3) is 0 Å². The Morgan fingerprint density at radius 3 is 1.76 bits per heavy atom. The van der Waals surface area contributed by atoms with Gasteiger partial charge in [0.15, 0.2) is 12.6 Å². The first-order valence-corrected chi connectivity index (χ1v) is 10.9. The van der Waals surface area contributed by atoms with Crippen LogP contribution in [-0.2, 0) is 18.9 Å². The van der Waals surface area contributed by atoms with Crippen molar-refractivity contribution >= 4 is 0 Å². The van der Waals surface area contributed by atoms with Gasteiger partial charge in [-0.05, 0) is 6.42 Å². The van der Waals surface area contributed by atoms with Gasteiger partial charge in [0.2, 0.25) is 0 Å². The van der Waals surface area contributed by atoms with E-state index in [1.807, 2.05) is 0 Å². The average molecular weight is 484 g/mol. The quantitative estimate of drug-likeness (QED) is 0.167. The van der Waals surface area contributed by atoms with Crippen LogP contribution >= 0.6 is 0 Å². The van der Waals surface area contributed by atoms with Crippen LogP contribution in [0.5, 0.6) is 0 Å². The van der Waals surface area contributed by atoms with E-state index in [4.69, 9.17) is 47.6 Å². The molecule has 33 heavy (non-hydrogen) atoms. The third-order valence-electron chi connectivity index (χ3n) is 6.56. The molecule has 16 N–H and O–H groups in total. The minimum Gasteiger partial charge on any atom is -0.394 e. The Morgan fingerprint density at radius 2 is 1.21 bits per heavy atom. The van der Waals surface area contributed by atoms with Gasteiger partial charge in [0.05, 0.1) is 18.7 Å². The third-order valence-corrected chi connectivity index (χ3v) is 6.56. The van der Waals surface area contributed by atoms with Crippen LogP contribution in [0.25, 0.3) is 0 Å². The second-order valence-corrected chi connectivity index (χ2v) is 8.88. The van der Waals surface area contributed by atoms with Crippen LogP contribution in [0.15, 0.2) is 0 Å². The summed E-state index contributed by atoms with van der Waals surface area (Å²) in [6, 6.07) is -3.92. The van der Waals surface area contributed by atoms with Crippen molar-refractivity contribution in [3.8, 4) is 0 Å². The van der Waals surface area contributed by atoms with Crippen molar-refractivity contribution in [1.29, 1.82) is 0 Å². The molecule has 0 aromatic rings. The van der Waals surface area contributed by atoms with Crippen molar-refractivity contribution in [3.63, 3.8) is 0 Å². The molecule has 0 aromatic carbocycles. The summed E-state index contributed by atoms with van der Waals surface area (Å²) in [6.45, 7) is -0.694. The summed E-state index contributed by atoms with van der Waals surface area (Å²) in [7, 11) is 0. The first-order valence-electron chi connectivity index (χ1n) is 10.9. The molecule has 8 unspecified atom stereocenters. The van der Waals surface area contributed by atoms with E-state index in [1.54, 1.807) is 0 Å². The van der Waals surface area contributed by atoms with E-state index in [0.717, 1.165) is 0 Å². The Labute approximate surface area is 190 Å². The molecule has 15 nitrogen and oxygen atoms in total. The second-order valence-electron chi connectivity index (χ2n) is 8.88. The zero-order valence-electron chi connectivity index (χ0n) is 18.0. The molecule has 194 valence electrons. The van der Waals surface area contributed by atoms with Gasteiger partial charge in [-0.2, -0.15) is 0 Å². The predicted molar refractivity (Wildman–Crippen MR) is 110 cm³/mol. The summed E-state index contributed by atoms with van der Waals surface area (Å²) in [4.78, 5) is 0. The van der Waals surface area contributed by atoms with E-state index in [9.17, 15) is 30.6 Å². The number of aliphatic hydroxyl groups excluding tert-OH is 6. The van der Waals surface area contributed by atoms with Gasteiger partial charge < -0.3 is 78.3 Å². The SMILES string of the molecule is NCC1OC(OC2[C@H](O)C(O[C@H]3OC(CO)[C@@H](O)[C@H](N)C3O)C(N)C[C@H]2N)C(N)[C@@H](O)[C@@H]1O. The maximum Gasteiger partial charge on any atom is 0.186 e. The second kappa shape index (κ2) is 11.0. The molecule has 2 aliphatic heterocycles. The maximum absolute atomic E-state index is 11.0. The van der Waals surface area contributed by atoms with E-state index in [1.165, 1.54) is 0 Å². The molecule has 1 saturated carbocycles. The molecule has 2 heterocycles. The van der Waals surface area contributed by atoms with Crippen molar-refractivity contribution < 1.29 is 49.6 Å². The molecule has 15 atom stereocenters. The molecule has 0 amide bonds. The zero-order valence-corrected chi connectivity index (χ0v) is 18.0. The molecule has 0 radical (unpaired) electrons. The highest BCUT2D eigenvalue weighted by molar-refractivity contribution is 5.01. The predicted octanol–water partition coefficient (Wildman–Crippen LogP) is -7.33. The Bertz CT molecular complexity index is 585. The molecule has 1 aliphatic carbocycles. The van der Waals surface area contributed by atoms with E-state index in [2.05, 4.69) is 0 Å². The Kier molecular flexibility index (Phi) is 8.99. The monoisotopic (exact) mass is 483 g/mol. The molecule has 2 saturated heterocycles. The largest absolute Gasteiger partial charge is 0.394 e. The van der Waals surface area contributed by atoms with Gasteiger partial charge in [0.1, 0.15) is 54.9 Å². The Hall–Kier alpha value is -0.600. The molecule has 0 aromatic heterocycles. The molecular weight excluding hydrogens is 446 g/mol. The lowest BCUT2D eigenvalue weighted by Gasteiger charge is -2.48. The highest BCUT2D eigenvalue weighted by Crippen LogP contribution is 2.30. The number of hydrogen-bond donors (Lipinski definition) is 11. The van der Waals surface area contributed by atoms with Gasteiger partial charge in [0, 0.05) is 18.6 Å². The van der Waals surface area contributed by atoms with Gasteiger partial charge >= 0.3 is 0 Å². The van der Waals surface area contributed by atoms with Crippen molar-refractivity contribution in [2.24, 2.45) is 28.7 Å². The van der Waals surface area contributed by atoms with E-state index < -0.39 is 98.3 Å². The number of nitrogens with two attached hydrogens (primary N) is 5. The first-order chi connectivity index (χ1) is 15.5. The Morgan fingerprint density at radius 1 is 0.667 bits per heavy atom. The smallest absolute Gasteiger partial charge is 0.186 e. The van der Waals surface area contributed by atoms with Crippen LogP contribution in [0.3, 0.4) is 0 Å². The fourth-order valence-electron chi connectivity index (χ4n) is 4.45. The van der Waals surface area contributed by atoms with Crippen LogP contribution in [0, 0.1) is 0 Å². The van der Waals surface area contributed by atoms with Crippen molar-refractivity contribution in [2.45, 2.75) is 98.1 Å². The van der Waals surface area contributed by atoms with E-state index in [0.29, 0.717) is 0 Å². The summed E-state index contributed by atoms with van der Waals surface area (Å²) >= 11 is 0. The molecule has 3 fully saturated rings. The van der Waals surface area contributed by atoms with Gasteiger partial charge in [-0.1, -0.05) is 0 Å². The van der Waals surface area contributed by atoms with E-state index in [-0.39, 0.29) is 13.0 Å². The third kappa shape index (κ3) is 5.32. The van der Waals surface area contributed by atoms with Crippen LogP contribution in [0.2, 0.25) is 0 Å². The lowest BCUT2D eigenvalue weighted by Crippen LogP contribution is -2.69. The van der Waals surface area contributed by atoms with Crippen molar-refractivity contribution in [1.82, 2.24) is 0 Å². The summed E-state index contributed by atoms with van der Waals surface area (Å²) < 4.78 is 22.5. The first kappa shape index (κ1) is 27.0. The minimum atomic E-state index is -1.48.